The minimum Gasteiger partial charge on any atom is -0.343 e. The van der Waals surface area contributed by atoms with Crippen molar-refractivity contribution < 1.29 is 14.3 Å². The van der Waals surface area contributed by atoms with Gasteiger partial charge in [-0.3, -0.25) is 4.79 Å². The topological polar surface area (TPSA) is 59.3 Å². The van der Waals surface area contributed by atoms with Crippen LogP contribution in [0.3, 0.4) is 0 Å². The van der Waals surface area contributed by atoms with Gasteiger partial charge in [-0.1, -0.05) is 15.9 Å². The number of carbonyl (C=O) groups excluding carboxylic acids is 1. The molecule has 0 unspecified atom stereocenters. The van der Waals surface area contributed by atoms with Crippen molar-refractivity contribution in [3.63, 3.8) is 0 Å². The molecular weight excluding hydrogens is 250 g/mol. The molecule has 0 aromatic heterocycles. The van der Waals surface area contributed by atoms with Gasteiger partial charge in [0.25, 0.3) is 0 Å². The van der Waals surface area contributed by atoms with E-state index in [1.54, 1.807) is 19.9 Å². The molecule has 0 rings (SSSR count). The predicted molar refractivity (Wildman–Crippen MR) is 55.0 cm³/mol. The standard InChI is InChI=1S/C9H14BrNO3/c1-3-13-9(7-10,14-4-2)8(12)5-6-11/h3-5,7H2,1-2H3. The normalized spacial score (nSPS) is 11.0. The van der Waals surface area contributed by atoms with Crippen molar-refractivity contribution in [2.45, 2.75) is 26.1 Å². The third-order valence-corrected chi connectivity index (χ3v) is 2.33. The third kappa shape index (κ3) is 3.37. The average Bonchev–Trinajstić information content (AvgIpc) is 2.17. The van der Waals surface area contributed by atoms with Crippen LogP contribution in [-0.4, -0.2) is 30.1 Å². The molecule has 0 aromatic carbocycles. The summed E-state index contributed by atoms with van der Waals surface area (Å²) in [4.78, 5) is 11.6. The Kier molecular flexibility index (Phi) is 6.71. The molecule has 0 fully saturated rings. The minimum absolute atomic E-state index is 0.203. The second kappa shape index (κ2) is 6.93. The molecule has 0 aliphatic heterocycles. The Morgan fingerprint density at radius 1 is 1.43 bits per heavy atom. The number of halogens is 1. The maximum absolute atomic E-state index is 11.6. The van der Waals surface area contributed by atoms with Crippen LogP contribution in [0, 0.1) is 11.3 Å². The van der Waals surface area contributed by atoms with Crippen LogP contribution >= 0.6 is 15.9 Å². The third-order valence-electron chi connectivity index (χ3n) is 1.60. The molecule has 0 aromatic rings. The molecular formula is C9H14BrNO3. The first-order valence-corrected chi connectivity index (χ1v) is 5.53. The van der Waals surface area contributed by atoms with E-state index in [1.165, 1.54) is 0 Å². The van der Waals surface area contributed by atoms with Crippen LogP contribution in [0.15, 0.2) is 0 Å². The van der Waals surface area contributed by atoms with Gasteiger partial charge in [0.05, 0.1) is 17.8 Å². The maximum atomic E-state index is 11.6. The van der Waals surface area contributed by atoms with Gasteiger partial charge in [0.1, 0.15) is 0 Å². The first-order valence-electron chi connectivity index (χ1n) is 4.41. The lowest BCUT2D eigenvalue weighted by Gasteiger charge is -2.28. The number of carbonyl (C=O) groups is 1. The highest BCUT2D eigenvalue weighted by molar-refractivity contribution is 9.09. The Labute approximate surface area is 92.3 Å². The zero-order valence-corrected chi connectivity index (χ0v) is 9.96. The van der Waals surface area contributed by atoms with Gasteiger partial charge in [0.2, 0.25) is 11.6 Å². The van der Waals surface area contributed by atoms with E-state index in [-0.39, 0.29) is 17.5 Å². The van der Waals surface area contributed by atoms with Crippen LogP contribution in [0.4, 0.5) is 0 Å². The largest absolute Gasteiger partial charge is 0.343 e. The molecule has 0 bridgehead atoms. The number of hydrogen-bond acceptors (Lipinski definition) is 4. The van der Waals surface area contributed by atoms with Crippen molar-refractivity contribution in [3.8, 4) is 6.07 Å². The molecule has 0 aliphatic rings. The van der Waals surface area contributed by atoms with E-state index >= 15 is 0 Å². The minimum atomic E-state index is -1.29. The van der Waals surface area contributed by atoms with Gasteiger partial charge in [-0.05, 0) is 13.8 Å². The van der Waals surface area contributed by atoms with E-state index in [0.717, 1.165) is 0 Å². The number of hydrogen-bond donors (Lipinski definition) is 0. The summed E-state index contributed by atoms with van der Waals surface area (Å²) >= 11 is 3.17. The van der Waals surface area contributed by atoms with Crippen molar-refractivity contribution in [1.82, 2.24) is 0 Å². The van der Waals surface area contributed by atoms with Crippen molar-refractivity contribution in [3.05, 3.63) is 0 Å². The molecule has 0 N–H and O–H groups in total. The predicted octanol–water partition coefficient (Wildman–Crippen LogP) is 1.63. The fraction of sp³-hybridized carbons (Fsp3) is 0.778. The lowest BCUT2D eigenvalue weighted by molar-refractivity contribution is -0.213. The van der Waals surface area contributed by atoms with Crippen LogP contribution in [0.1, 0.15) is 20.3 Å². The van der Waals surface area contributed by atoms with Crippen LogP contribution in [0.5, 0.6) is 0 Å². The first kappa shape index (κ1) is 13.6. The number of Topliss-reactive ketones (excluding diaryl/α,β-unsaturated/α-hetero) is 1. The Hall–Kier alpha value is -0.440. The number of alkyl halides is 1. The second-order valence-corrected chi connectivity index (χ2v) is 3.07. The van der Waals surface area contributed by atoms with Gasteiger partial charge in [0.15, 0.2) is 0 Å². The Balaban J connectivity index is 4.64. The highest BCUT2D eigenvalue weighted by Crippen LogP contribution is 2.19. The van der Waals surface area contributed by atoms with Gasteiger partial charge in [-0.15, -0.1) is 0 Å². The molecule has 4 nitrogen and oxygen atoms in total. The van der Waals surface area contributed by atoms with Gasteiger partial charge in [-0.25, -0.2) is 0 Å². The molecule has 0 heterocycles. The molecule has 0 saturated heterocycles. The zero-order chi connectivity index (χ0) is 11.0. The summed E-state index contributed by atoms with van der Waals surface area (Å²) in [6, 6.07) is 1.79. The molecule has 80 valence electrons. The van der Waals surface area contributed by atoms with Gasteiger partial charge in [-0.2, -0.15) is 5.26 Å². The molecule has 0 radical (unpaired) electrons. The van der Waals surface area contributed by atoms with Crippen LogP contribution in [0.25, 0.3) is 0 Å². The Morgan fingerprint density at radius 3 is 2.21 bits per heavy atom. The van der Waals surface area contributed by atoms with E-state index in [4.69, 9.17) is 14.7 Å². The van der Waals surface area contributed by atoms with E-state index < -0.39 is 5.79 Å². The maximum Gasteiger partial charge on any atom is 0.240 e. The molecule has 5 heteroatoms. The van der Waals surface area contributed by atoms with Crippen molar-refractivity contribution in [2.75, 3.05) is 18.5 Å². The first-order chi connectivity index (χ1) is 6.66. The van der Waals surface area contributed by atoms with E-state index in [9.17, 15) is 4.79 Å². The summed E-state index contributed by atoms with van der Waals surface area (Å²) in [6.45, 7) is 4.28. The summed E-state index contributed by atoms with van der Waals surface area (Å²) in [6.07, 6.45) is -0.203. The highest BCUT2D eigenvalue weighted by Gasteiger charge is 2.38. The lowest BCUT2D eigenvalue weighted by atomic mass is 10.1. The average molecular weight is 264 g/mol. The quantitative estimate of drug-likeness (QED) is 0.518. The van der Waals surface area contributed by atoms with Crippen LogP contribution in [0.2, 0.25) is 0 Å². The van der Waals surface area contributed by atoms with Crippen molar-refractivity contribution >= 4 is 21.7 Å². The zero-order valence-electron chi connectivity index (χ0n) is 8.38. The lowest BCUT2D eigenvalue weighted by Crippen LogP contribution is -2.46. The van der Waals surface area contributed by atoms with Crippen LogP contribution in [-0.2, 0) is 14.3 Å². The summed E-state index contributed by atoms with van der Waals surface area (Å²) in [5.41, 5.74) is 0. The fourth-order valence-corrected chi connectivity index (χ4v) is 1.66. The molecule has 0 aliphatic carbocycles. The smallest absolute Gasteiger partial charge is 0.240 e. The Morgan fingerprint density at radius 2 is 1.93 bits per heavy atom. The monoisotopic (exact) mass is 263 g/mol. The molecule has 14 heavy (non-hydrogen) atoms. The summed E-state index contributed by atoms with van der Waals surface area (Å²) < 4.78 is 10.5. The molecule has 0 amide bonds. The summed E-state index contributed by atoms with van der Waals surface area (Å²) in [5.74, 6) is -1.64. The number of ketones is 1. The van der Waals surface area contributed by atoms with Crippen molar-refractivity contribution in [2.24, 2.45) is 0 Å². The number of nitrogens with zero attached hydrogens (tertiary/aromatic N) is 1. The highest BCUT2D eigenvalue weighted by atomic mass is 79.9. The summed E-state index contributed by atoms with van der Waals surface area (Å²) in [7, 11) is 0. The molecule has 0 atom stereocenters. The molecule has 0 spiro atoms. The Bertz CT molecular complexity index is 219. The van der Waals surface area contributed by atoms with E-state index in [0.29, 0.717) is 13.2 Å². The van der Waals surface area contributed by atoms with Crippen molar-refractivity contribution in [1.29, 1.82) is 5.26 Å². The number of rotatable bonds is 7. The van der Waals surface area contributed by atoms with Gasteiger partial charge >= 0.3 is 0 Å². The summed E-state index contributed by atoms with van der Waals surface area (Å²) in [5, 5.41) is 8.67. The SMILES string of the molecule is CCOC(CBr)(OCC)C(=O)CC#N. The van der Waals surface area contributed by atoms with Gasteiger partial charge in [0, 0.05) is 13.2 Å². The van der Waals surface area contributed by atoms with E-state index in [1.807, 2.05) is 0 Å². The van der Waals surface area contributed by atoms with Gasteiger partial charge < -0.3 is 9.47 Å². The molecule has 0 saturated carbocycles. The van der Waals surface area contributed by atoms with Crippen LogP contribution < -0.4 is 0 Å². The number of ether oxygens (including phenoxy) is 2. The van der Waals surface area contributed by atoms with E-state index in [2.05, 4.69) is 15.9 Å². The fourth-order valence-electron chi connectivity index (χ4n) is 1.03. The number of nitriles is 1. The second-order valence-electron chi connectivity index (χ2n) is 2.51.